The van der Waals surface area contributed by atoms with Gasteiger partial charge in [-0.05, 0) is 26.0 Å². The SMILES string of the molecule is COC(=O)C1CC(N(N)/C=C(\N)c2cc(F)c(F)c(F)c2)C2OC(C)(C)OCC2O1. The first-order valence-electron chi connectivity index (χ1n) is 9.22. The molecule has 0 spiro atoms. The van der Waals surface area contributed by atoms with Crippen LogP contribution in [0.5, 0.6) is 0 Å². The number of esters is 1. The Hall–Kier alpha value is -2.34. The lowest BCUT2D eigenvalue weighted by atomic mass is 9.93. The van der Waals surface area contributed by atoms with E-state index in [0.29, 0.717) is 0 Å². The zero-order valence-electron chi connectivity index (χ0n) is 16.7. The van der Waals surface area contributed by atoms with Crippen molar-refractivity contribution in [2.75, 3.05) is 13.7 Å². The van der Waals surface area contributed by atoms with Crippen molar-refractivity contribution in [3.63, 3.8) is 0 Å². The normalized spacial score (nSPS) is 28.6. The van der Waals surface area contributed by atoms with Gasteiger partial charge in [0, 0.05) is 18.2 Å². The van der Waals surface area contributed by atoms with Crippen LogP contribution in [0.1, 0.15) is 25.8 Å². The van der Waals surface area contributed by atoms with E-state index in [4.69, 9.17) is 30.5 Å². The molecule has 0 amide bonds. The van der Waals surface area contributed by atoms with Crippen molar-refractivity contribution in [2.24, 2.45) is 11.6 Å². The molecule has 2 aliphatic rings. The van der Waals surface area contributed by atoms with Crippen LogP contribution in [0.3, 0.4) is 0 Å². The highest BCUT2D eigenvalue weighted by atomic mass is 19.2. The molecule has 8 nitrogen and oxygen atoms in total. The molecule has 166 valence electrons. The summed E-state index contributed by atoms with van der Waals surface area (Å²) in [7, 11) is 1.24. The fourth-order valence-electron chi connectivity index (χ4n) is 3.51. The van der Waals surface area contributed by atoms with Gasteiger partial charge in [-0.15, -0.1) is 0 Å². The van der Waals surface area contributed by atoms with Crippen LogP contribution in [-0.2, 0) is 23.7 Å². The van der Waals surface area contributed by atoms with E-state index in [2.05, 4.69) is 0 Å². The Kier molecular flexibility index (Phi) is 6.27. The van der Waals surface area contributed by atoms with E-state index in [1.54, 1.807) is 13.8 Å². The van der Waals surface area contributed by atoms with Crippen LogP contribution in [0.4, 0.5) is 13.2 Å². The summed E-state index contributed by atoms with van der Waals surface area (Å²) in [6, 6.07) is 0.913. The summed E-state index contributed by atoms with van der Waals surface area (Å²) >= 11 is 0. The second-order valence-corrected chi connectivity index (χ2v) is 7.57. The summed E-state index contributed by atoms with van der Waals surface area (Å²) in [6.45, 7) is 3.60. The second-order valence-electron chi connectivity index (χ2n) is 7.57. The molecular formula is C19H24F3N3O5. The molecule has 2 heterocycles. The molecule has 4 atom stereocenters. The number of carbonyl (C=O) groups excluding carboxylic acids is 1. The third kappa shape index (κ3) is 4.53. The molecule has 0 saturated carbocycles. The van der Waals surface area contributed by atoms with E-state index >= 15 is 0 Å². The van der Waals surface area contributed by atoms with Gasteiger partial charge in [-0.1, -0.05) is 0 Å². The third-order valence-electron chi connectivity index (χ3n) is 5.01. The highest BCUT2D eigenvalue weighted by Gasteiger charge is 2.49. The number of halogens is 3. The number of methoxy groups -OCH3 is 1. The van der Waals surface area contributed by atoms with Crippen molar-refractivity contribution in [1.29, 1.82) is 0 Å². The number of ether oxygens (including phenoxy) is 4. The first-order valence-corrected chi connectivity index (χ1v) is 9.22. The van der Waals surface area contributed by atoms with Gasteiger partial charge >= 0.3 is 5.97 Å². The summed E-state index contributed by atoms with van der Waals surface area (Å²) in [5.74, 6) is 0.324. The maximum atomic E-state index is 13.5. The number of nitrogens with zero attached hydrogens (tertiary/aromatic N) is 1. The number of benzene rings is 1. The first-order chi connectivity index (χ1) is 14.0. The summed E-state index contributed by atoms with van der Waals surface area (Å²) in [5, 5.41) is 1.19. The predicted octanol–water partition coefficient (Wildman–Crippen LogP) is 1.39. The number of carbonyl (C=O) groups is 1. The highest BCUT2D eigenvalue weighted by molar-refractivity contribution is 5.74. The molecule has 1 aromatic rings. The molecule has 1 aromatic carbocycles. The monoisotopic (exact) mass is 431 g/mol. The van der Waals surface area contributed by atoms with Gasteiger partial charge in [0.1, 0.15) is 12.2 Å². The second kappa shape index (κ2) is 8.42. The Balaban J connectivity index is 1.89. The van der Waals surface area contributed by atoms with E-state index in [0.717, 1.165) is 12.1 Å². The maximum absolute atomic E-state index is 13.5. The number of rotatable bonds is 4. The number of hydrogen-bond acceptors (Lipinski definition) is 8. The summed E-state index contributed by atoms with van der Waals surface area (Å²) < 4.78 is 62.3. The Labute approximate surface area is 171 Å². The van der Waals surface area contributed by atoms with Crippen molar-refractivity contribution < 1.29 is 36.9 Å². The number of nitrogens with two attached hydrogens (primary N) is 2. The van der Waals surface area contributed by atoms with Crippen molar-refractivity contribution in [2.45, 2.75) is 50.4 Å². The van der Waals surface area contributed by atoms with E-state index in [1.807, 2.05) is 0 Å². The van der Waals surface area contributed by atoms with Gasteiger partial charge < -0.3 is 29.7 Å². The van der Waals surface area contributed by atoms with Crippen LogP contribution >= 0.6 is 0 Å². The van der Waals surface area contributed by atoms with Crippen LogP contribution in [0, 0.1) is 17.5 Å². The van der Waals surface area contributed by atoms with Gasteiger partial charge in [-0.25, -0.2) is 23.8 Å². The molecule has 0 radical (unpaired) electrons. The molecule has 0 aliphatic carbocycles. The molecule has 4 N–H and O–H groups in total. The minimum Gasteiger partial charge on any atom is -0.467 e. The third-order valence-corrected chi connectivity index (χ3v) is 5.01. The van der Waals surface area contributed by atoms with E-state index < -0.39 is 53.6 Å². The predicted molar refractivity (Wildman–Crippen MR) is 98.5 cm³/mol. The highest BCUT2D eigenvalue weighted by Crippen LogP contribution is 2.34. The number of fused-ring (bicyclic) bond motifs is 1. The molecular weight excluding hydrogens is 407 g/mol. The summed E-state index contributed by atoms with van der Waals surface area (Å²) in [4.78, 5) is 12.0. The fourth-order valence-corrected chi connectivity index (χ4v) is 3.51. The summed E-state index contributed by atoms with van der Waals surface area (Å²) in [5.41, 5.74) is 5.72. The number of hydrogen-bond donors (Lipinski definition) is 2. The minimum absolute atomic E-state index is 0.0943. The Morgan fingerprint density at radius 1 is 1.30 bits per heavy atom. The van der Waals surface area contributed by atoms with E-state index in [1.165, 1.54) is 18.3 Å². The largest absolute Gasteiger partial charge is 0.467 e. The summed E-state index contributed by atoms with van der Waals surface area (Å²) in [6.07, 6.45) is -0.779. The van der Waals surface area contributed by atoms with Crippen LogP contribution in [-0.4, -0.2) is 54.8 Å². The van der Waals surface area contributed by atoms with E-state index in [-0.39, 0.29) is 24.3 Å². The Morgan fingerprint density at radius 2 is 1.93 bits per heavy atom. The molecule has 2 saturated heterocycles. The van der Waals surface area contributed by atoms with Gasteiger partial charge in [0.15, 0.2) is 29.3 Å². The van der Waals surface area contributed by atoms with Crippen molar-refractivity contribution in [1.82, 2.24) is 5.01 Å². The lowest BCUT2D eigenvalue weighted by Gasteiger charge is -2.49. The quantitative estimate of drug-likeness (QED) is 0.319. The standard InChI is InChI=1S/C19H24F3N3O5/c1-19(2)28-8-15-17(30-19)13(6-14(29-15)18(26)27-3)25(24)7-12(23)9-4-10(20)16(22)11(21)5-9/h4-5,7,13-15,17H,6,8,23-24H2,1-3H3/b12-7-. The average Bonchev–Trinajstić information content (AvgIpc) is 2.69. The van der Waals surface area contributed by atoms with Crippen molar-refractivity contribution in [3.05, 3.63) is 41.3 Å². The molecule has 30 heavy (non-hydrogen) atoms. The molecule has 2 aliphatic heterocycles. The van der Waals surface area contributed by atoms with Gasteiger partial charge in [0.2, 0.25) is 0 Å². The van der Waals surface area contributed by atoms with Crippen LogP contribution < -0.4 is 11.6 Å². The van der Waals surface area contributed by atoms with Crippen LogP contribution in [0.25, 0.3) is 5.70 Å². The molecule has 0 aromatic heterocycles. The zero-order chi connectivity index (χ0) is 22.2. The van der Waals surface area contributed by atoms with Gasteiger partial charge in [0.05, 0.1) is 25.5 Å². The van der Waals surface area contributed by atoms with Gasteiger partial charge in [-0.3, -0.25) is 0 Å². The Morgan fingerprint density at radius 3 is 2.53 bits per heavy atom. The minimum atomic E-state index is -1.60. The lowest BCUT2D eigenvalue weighted by Crippen LogP contribution is -2.64. The molecule has 0 bridgehead atoms. The lowest BCUT2D eigenvalue weighted by molar-refractivity contribution is -0.335. The van der Waals surface area contributed by atoms with Crippen LogP contribution in [0.2, 0.25) is 0 Å². The average molecular weight is 431 g/mol. The van der Waals surface area contributed by atoms with Gasteiger partial charge in [-0.2, -0.15) is 0 Å². The van der Waals surface area contributed by atoms with Gasteiger partial charge in [0.25, 0.3) is 0 Å². The van der Waals surface area contributed by atoms with E-state index in [9.17, 15) is 18.0 Å². The topological polar surface area (TPSA) is 109 Å². The fraction of sp³-hybridized carbons (Fsp3) is 0.526. The van der Waals surface area contributed by atoms with Crippen LogP contribution in [0.15, 0.2) is 18.3 Å². The molecule has 3 rings (SSSR count). The number of hydrazine groups is 1. The maximum Gasteiger partial charge on any atom is 0.335 e. The van der Waals surface area contributed by atoms with Crippen molar-refractivity contribution in [3.8, 4) is 0 Å². The van der Waals surface area contributed by atoms with Crippen molar-refractivity contribution >= 4 is 11.7 Å². The molecule has 2 fully saturated rings. The zero-order valence-corrected chi connectivity index (χ0v) is 16.7. The smallest absolute Gasteiger partial charge is 0.335 e. The molecule has 4 unspecified atom stereocenters. The first kappa shape index (κ1) is 22.3. The molecule has 11 heteroatoms. The Bertz CT molecular complexity index is 828.